The van der Waals surface area contributed by atoms with E-state index in [0.29, 0.717) is 22.9 Å². The molecule has 1 aliphatic heterocycles. The van der Waals surface area contributed by atoms with Gasteiger partial charge in [0, 0.05) is 18.1 Å². The Morgan fingerprint density at radius 2 is 2.11 bits per heavy atom. The summed E-state index contributed by atoms with van der Waals surface area (Å²) in [5, 5.41) is 6.92. The standard InChI is InChI=1S/C22H22N2O4/c1-13-4-6-20(26-3)18(8-13)23-22(25)12-17-11-21(28-24-17)15-5-7-19-16(10-15)9-14(2)27-19/h4-8,10-11,14H,9,12H2,1-3H3,(H,23,25). The molecule has 1 aliphatic rings. The Morgan fingerprint density at radius 3 is 2.93 bits per heavy atom. The summed E-state index contributed by atoms with van der Waals surface area (Å²) in [6, 6.07) is 13.4. The minimum Gasteiger partial charge on any atom is -0.495 e. The van der Waals surface area contributed by atoms with E-state index in [0.717, 1.165) is 28.9 Å². The van der Waals surface area contributed by atoms with Gasteiger partial charge in [-0.1, -0.05) is 11.2 Å². The average Bonchev–Trinajstić information content (AvgIpc) is 3.26. The second kappa shape index (κ2) is 7.38. The van der Waals surface area contributed by atoms with Gasteiger partial charge in [-0.05, 0) is 55.3 Å². The molecule has 0 spiro atoms. The van der Waals surface area contributed by atoms with Crippen LogP contribution in [-0.4, -0.2) is 24.3 Å². The molecule has 0 aliphatic carbocycles. The molecule has 0 fully saturated rings. The molecule has 1 atom stereocenters. The SMILES string of the molecule is COc1ccc(C)cc1NC(=O)Cc1cc(-c2ccc3c(c2)CC(C)O3)on1. The van der Waals surface area contributed by atoms with E-state index in [1.807, 2.05) is 44.2 Å². The third kappa shape index (κ3) is 3.71. The highest BCUT2D eigenvalue weighted by atomic mass is 16.5. The van der Waals surface area contributed by atoms with Crippen LogP contribution in [0.5, 0.6) is 11.5 Å². The number of aromatic nitrogens is 1. The van der Waals surface area contributed by atoms with Crippen LogP contribution in [0.25, 0.3) is 11.3 Å². The van der Waals surface area contributed by atoms with E-state index in [1.54, 1.807) is 13.2 Å². The summed E-state index contributed by atoms with van der Waals surface area (Å²) in [4.78, 5) is 12.4. The fraction of sp³-hybridized carbons (Fsp3) is 0.273. The number of hydrogen-bond donors (Lipinski definition) is 1. The Balaban J connectivity index is 1.46. The molecule has 28 heavy (non-hydrogen) atoms. The number of nitrogens with one attached hydrogen (secondary N) is 1. The van der Waals surface area contributed by atoms with Crippen molar-refractivity contribution in [2.45, 2.75) is 32.8 Å². The molecule has 0 saturated carbocycles. The molecule has 6 nitrogen and oxygen atoms in total. The molecule has 1 N–H and O–H groups in total. The van der Waals surface area contributed by atoms with Crippen LogP contribution in [-0.2, 0) is 17.6 Å². The van der Waals surface area contributed by atoms with Gasteiger partial charge in [-0.3, -0.25) is 4.79 Å². The van der Waals surface area contributed by atoms with Crippen LogP contribution in [0, 0.1) is 6.92 Å². The zero-order chi connectivity index (χ0) is 19.7. The number of amides is 1. The van der Waals surface area contributed by atoms with Crippen molar-refractivity contribution in [2.75, 3.05) is 12.4 Å². The first-order chi connectivity index (χ1) is 13.5. The van der Waals surface area contributed by atoms with E-state index >= 15 is 0 Å². The third-order valence-corrected chi connectivity index (χ3v) is 4.71. The lowest BCUT2D eigenvalue weighted by Crippen LogP contribution is -2.15. The van der Waals surface area contributed by atoms with E-state index in [2.05, 4.69) is 16.5 Å². The van der Waals surface area contributed by atoms with Gasteiger partial charge in [-0.25, -0.2) is 0 Å². The van der Waals surface area contributed by atoms with Crippen LogP contribution in [0.2, 0.25) is 0 Å². The van der Waals surface area contributed by atoms with Gasteiger partial charge in [-0.15, -0.1) is 0 Å². The molecular formula is C22H22N2O4. The molecule has 144 valence electrons. The fourth-order valence-electron chi connectivity index (χ4n) is 3.38. The fourth-order valence-corrected chi connectivity index (χ4v) is 3.38. The van der Waals surface area contributed by atoms with E-state index in [4.69, 9.17) is 14.0 Å². The topological polar surface area (TPSA) is 73.6 Å². The van der Waals surface area contributed by atoms with Crippen molar-refractivity contribution >= 4 is 11.6 Å². The van der Waals surface area contributed by atoms with Gasteiger partial charge in [0.15, 0.2) is 5.76 Å². The Labute approximate surface area is 163 Å². The number of carbonyl (C=O) groups is 1. The highest BCUT2D eigenvalue weighted by Crippen LogP contribution is 2.33. The van der Waals surface area contributed by atoms with Crippen molar-refractivity contribution in [3.8, 4) is 22.8 Å². The number of nitrogens with zero attached hydrogens (tertiary/aromatic N) is 1. The van der Waals surface area contributed by atoms with Crippen molar-refractivity contribution in [1.82, 2.24) is 5.16 Å². The molecule has 3 aromatic rings. The molecular weight excluding hydrogens is 356 g/mol. The zero-order valence-corrected chi connectivity index (χ0v) is 16.1. The van der Waals surface area contributed by atoms with E-state index in [-0.39, 0.29) is 18.4 Å². The van der Waals surface area contributed by atoms with Crippen LogP contribution in [0.4, 0.5) is 5.69 Å². The van der Waals surface area contributed by atoms with Gasteiger partial charge in [0.1, 0.15) is 17.6 Å². The number of anilines is 1. The smallest absolute Gasteiger partial charge is 0.230 e. The van der Waals surface area contributed by atoms with E-state index in [1.165, 1.54) is 0 Å². The maximum Gasteiger partial charge on any atom is 0.230 e. The number of carbonyl (C=O) groups excluding carboxylic acids is 1. The molecule has 6 heteroatoms. The molecule has 2 aromatic carbocycles. The summed E-state index contributed by atoms with van der Waals surface area (Å²) < 4.78 is 16.5. The molecule has 0 radical (unpaired) electrons. The molecule has 1 unspecified atom stereocenters. The maximum absolute atomic E-state index is 12.4. The van der Waals surface area contributed by atoms with Crippen LogP contribution >= 0.6 is 0 Å². The summed E-state index contributed by atoms with van der Waals surface area (Å²) in [6.45, 7) is 4.01. The predicted molar refractivity (Wildman–Crippen MR) is 106 cm³/mol. The van der Waals surface area contributed by atoms with Crippen LogP contribution < -0.4 is 14.8 Å². The molecule has 4 rings (SSSR count). The van der Waals surface area contributed by atoms with Crippen LogP contribution in [0.15, 0.2) is 47.0 Å². The zero-order valence-electron chi connectivity index (χ0n) is 16.1. The molecule has 2 heterocycles. The monoisotopic (exact) mass is 378 g/mol. The Kier molecular flexibility index (Phi) is 4.77. The Hall–Kier alpha value is -3.28. The first-order valence-corrected chi connectivity index (χ1v) is 9.22. The summed E-state index contributed by atoms with van der Waals surface area (Å²) in [5.41, 5.74) is 4.34. The molecule has 1 aromatic heterocycles. The maximum atomic E-state index is 12.4. The van der Waals surface area contributed by atoms with Crippen LogP contribution in [0.1, 0.15) is 23.7 Å². The highest BCUT2D eigenvalue weighted by molar-refractivity contribution is 5.93. The number of benzene rings is 2. The van der Waals surface area contributed by atoms with Crippen molar-refractivity contribution in [3.05, 3.63) is 59.3 Å². The summed E-state index contributed by atoms with van der Waals surface area (Å²) >= 11 is 0. The van der Waals surface area contributed by atoms with Gasteiger partial charge in [-0.2, -0.15) is 0 Å². The second-order valence-corrected chi connectivity index (χ2v) is 7.07. The van der Waals surface area contributed by atoms with Gasteiger partial charge in [0.2, 0.25) is 5.91 Å². The minimum atomic E-state index is -0.181. The van der Waals surface area contributed by atoms with E-state index < -0.39 is 0 Å². The minimum absolute atomic E-state index is 0.117. The largest absolute Gasteiger partial charge is 0.495 e. The summed E-state index contributed by atoms with van der Waals surface area (Å²) in [5.74, 6) is 2.00. The first-order valence-electron chi connectivity index (χ1n) is 9.22. The molecule has 0 saturated heterocycles. The van der Waals surface area contributed by atoms with Gasteiger partial charge < -0.3 is 19.3 Å². The van der Waals surface area contributed by atoms with Crippen molar-refractivity contribution in [2.24, 2.45) is 0 Å². The second-order valence-electron chi connectivity index (χ2n) is 7.07. The lowest BCUT2D eigenvalue weighted by molar-refractivity contribution is -0.115. The highest BCUT2D eigenvalue weighted by Gasteiger charge is 2.20. The molecule has 1 amide bonds. The number of fused-ring (bicyclic) bond motifs is 1. The lowest BCUT2D eigenvalue weighted by Gasteiger charge is -2.10. The Bertz CT molecular complexity index is 1030. The third-order valence-electron chi connectivity index (χ3n) is 4.71. The normalized spacial score (nSPS) is 15.0. The first kappa shape index (κ1) is 18.1. The quantitative estimate of drug-likeness (QED) is 0.722. The van der Waals surface area contributed by atoms with Gasteiger partial charge in [0.25, 0.3) is 0 Å². The number of hydrogen-bond acceptors (Lipinski definition) is 5. The predicted octanol–water partition coefficient (Wildman–Crippen LogP) is 4.16. The number of ether oxygens (including phenoxy) is 2. The number of rotatable bonds is 5. The average molecular weight is 378 g/mol. The Morgan fingerprint density at radius 1 is 1.25 bits per heavy atom. The van der Waals surface area contributed by atoms with Crippen molar-refractivity contribution in [1.29, 1.82) is 0 Å². The van der Waals surface area contributed by atoms with Gasteiger partial charge in [0.05, 0.1) is 24.9 Å². The van der Waals surface area contributed by atoms with Crippen LogP contribution in [0.3, 0.4) is 0 Å². The van der Waals surface area contributed by atoms with E-state index in [9.17, 15) is 4.79 Å². The van der Waals surface area contributed by atoms with Crippen molar-refractivity contribution < 1.29 is 18.8 Å². The van der Waals surface area contributed by atoms with Gasteiger partial charge >= 0.3 is 0 Å². The van der Waals surface area contributed by atoms with Crippen molar-refractivity contribution in [3.63, 3.8) is 0 Å². The summed E-state index contributed by atoms with van der Waals surface area (Å²) in [6.07, 6.45) is 1.19. The molecule has 0 bridgehead atoms. The number of aryl methyl sites for hydroxylation is 1. The lowest BCUT2D eigenvalue weighted by atomic mass is 10.1. The number of methoxy groups -OCH3 is 1. The summed E-state index contributed by atoms with van der Waals surface area (Å²) in [7, 11) is 1.58.